The average Bonchev–Trinajstić information content (AvgIpc) is 2.83. The summed E-state index contributed by atoms with van der Waals surface area (Å²) in [5.41, 5.74) is 0.786. The lowest BCUT2D eigenvalue weighted by Gasteiger charge is -2.06. The number of rotatable bonds is 3. The summed E-state index contributed by atoms with van der Waals surface area (Å²) in [5.74, 6) is 0.975. The summed E-state index contributed by atoms with van der Waals surface area (Å²) in [6.07, 6.45) is 1.94. The Bertz CT molecular complexity index is 472. The maximum atomic E-state index is 11.3. The highest BCUT2D eigenvalue weighted by molar-refractivity contribution is 5.76. The Morgan fingerprint density at radius 2 is 2.06 bits per heavy atom. The molecule has 0 atom stereocenters. The van der Waals surface area contributed by atoms with Crippen molar-refractivity contribution in [2.45, 2.75) is 13.3 Å². The molecule has 3 nitrogen and oxygen atoms in total. The van der Waals surface area contributed by atoms with E-state index in [9.17, 15) is 4.79 Å². The van der Waals surface area contributed by atoms with Gasteiger partial charge in [0.2, 0.25) is 0 Å². The number of esters is 1. The number of hydrogen-bond donors (Lipinski definition) is 0. The lowest BCUT2D eigenvalue weighted by Crippen LogP contribution is -2.06. The first-order valence-corrected chi connectivity index (χ1v) is 5.15. The molecule has 0 radical (unpaired) electrons. The van der Waals surface area contributed by atoms with Crippen molar-refractivity contribution in [2.24, 2.45) is 0 Å². The van der Waals surface area contributed by atoms with E-state index in [1.54, 1.807) is 25.3 Å². The Hall–Kier alpha value is -2.03. The van der Waals surface area contributed by atoms with Gasteiger partial charge in [0.1, 0.15) is 11.5 Å². The quantitative estimate of drug-likeness (QED) is 0.584. The van der Waals surface area contributed by atoms with Crippen LogP contribution in [0.2, 0.25) is 0 Å². The molecule has 0 spiro atoms. The van der Waals surface area contributed by atoms with Gasteiger partial charge in [-0.15, -0.1) is 0 Å². The average molecular weight is 216 g/mol. The molecule has 2 rings (SSSR count). The van der Waals surface area contributed by atoms with Crippen LogP contribution in [-0.4, -0.2) is 5.97 Å². The van der Waals surface area contributed by atoms with E-state index in [0.29, 0.717) is 17.9 Å². The van der Waals surface area contributed by atoms with Crippen LogP contribution in [0.5, 0.6) is 5.75 Å². The highest BCUT2D eigenvalue weighted by Crippen LogP contribution is 2.30. The van der Waals surface area contributed by atoms with E-state index in [4.69, 9.17) is 9.15 Å². The van der Waals surface area contributed by atoms with Crippen LogP contribution in [0.25, 0.3) is 11.3 Å². The van der Waals surface area contributed by atoms with E-state index in [1.807, 2.05) is 24.3 Å². The number of furan rings is 1. The number of carbonyl (C=O) groups excluding carboxylic acids is 1. The maximum Gasteiger partial charge on any atom is 0.310 e. The predicted molar refractivity (Wildman–Crippen MR) is 60.1 cm³/mol. The lowest BCUT2D eigenvalue weighted by atomic mass is 10.1. The van der Waals surface area contributed by atoms with Crippen LogP contribution in [0.4, 0.5) is 0 Å². The summed E-state index contributed by atoms with van der Waals surface area (Å²) in [7, 11) is 0. The van der Waals surface area contributed by atoms with Crippen molar-refractivity contribution in [3.8, 4) is 17.1 Å². The second kappa shape index (κ2) is 4.66. The second-order valence-electron chi connectivity index (χ2n) is 3.30. The zero-order valence-corrected chi connectivity index (χ0v) is 8.97. The minimum atomic E-state index is -0.251. The number of hydrogen-bond acceptors (Lipinski definition) is 3. The third kappa shape index (κ3) is 2.14. The highest BCUT2D eigenvalue weighted by atomic mass is 16.5. The lowest BCUT2D eigenvalue weighted by molar-refractivity contribution is -0.133. The van der Waals surface area contributed by atoms with Crippen molar-refractivity contribution < 1.29 is 13.9 Å². The van der Waals surface area contributed by atoms with Crippen LogP contribution in [0.1, 0.15) is 13.3 Å². The first-order chi connectivity index (χ1) is 7.81. The van der Waals surface area contributed by atoms with Gasteiger partial charge in [-0.2, -0.15) is 0 Å². The van der Waals surface area contributed by atoms with Gasteiger partial charge in [-0.1, -0.05) is 19.1 Å². The minimum absolute atomic E-state index is 0.251. The van der Waals surface area contributed by atoms with Gasteiger partial charge in [-0.25, -0.2) is 0 Å². The summed E-state index contributed by atoms with van der Waals surface area (Å²) < 4.78 is 10.5. The molecule has 0 amide bonds. The zero-order valence-electron chi connectivity index (χ0n) is 8.97. The Morgan fingerprint density at radius 1 is 1.25 bits per heavy atom. The molecule has 0 fully saturated rings. The molecule has 0 N–H and O–H groups in total. The fourth-order valence-electron chi connectivity index (χ4n) is 1.39. The van der Waals surface area contributed by atoms with Crippen LogP contribution in [0.15, 0.2) is 47.1 Å². The van der Waals surface area contributed by atoms with Crippen molar-refractivity contribution in [1.29, 1.82) is 0 Å². The Labute approximate surface area is 93.7 Å². The molecule has 1 aromatic carbocycles. The van der Waals surface area contributed by atoms with Gasteiger partial charge in [-0.3, -0.25) is 4.79 Å². The molecule has 0 aliphatic heterocycles. The van der Waals surface area contributed by atoms with E-state index in [0.717, 1.165) is 5.56 Å². The molecule has 16 heavy (non-hydrogen) atoms. The van der Waals surface area contributed by atoms with Crippen LogP contribution in [-0.2, 0) is 4.79 Å². The standard InChI is InChI=1S/C13H12O3/c1-2-13(14)16-12-7-4-3-6-10(12)11-8-5-9-15-11/h3-9H,2H2,1H3. The molecule has 0 bridgehead atoms. The van der Waals surface area contributed by atoms with Gasteiger partial charge >= 0.3 is 5.97 Å². The summed E-state index contributed by atoms with van der Waals surface area (Å²) in [6.45, 7) is 1.76. The first-order valence-electron chi connectivity index (χ1n) is 5.15. The second-order valence-corrected chi connectivity index (χ2v) is 3.30. The summed E-state index contributed by atoms with van der Waals surface area (Å²) in [4.78, 5) is 11.3. The fraction of sp³-hybridized carbons (Fsp3) is 0.154. The molecule has 0 aliphatic carbocycles. The molecule has 0 unspecified atom stereocenters. The summed E-state index contributed by atoms with van der Waals surface area (Å²) in [5, 5.41) is 0. The first kappa shape index (κ1) is 10.5. The predicted octanol–water partition coefficient (Wildman–Crippen LogP) is 3.26. The molecule has 0 saturated carbocycles. The molecule has 0 aliphatic rings. The number of para-hydroxylation sites is 1. The smallest absolute Gasteiger partial charge is 0.310 e. The van der Waals surface area contributed by atoms with Gasteiger partial charge in [0.05, 0.1) is 11.8 Å². The van der Waals surface area contributed by atoms with E-state index in [1.165, 1.54) is 0 Å². The third-order valence-corrected chi connectivity index (χ3v) is 2.19. The SMILES string of the molecule is CCC(=O)Oc1ccccc1-c1ccco1. The Balaban J connectivity index is 2.35. The summed E-state index contributed by atoms with van der Waals surface area (Å²) in [6, 6.07) is 10.9. The van der Waals surface area contributed by atoms with Crippen molar-refractivity contribution in [1.82, 2.24) is 0 Å². The van der Waals surface area contributed by atoms with Crippen molar-refractivity contribution in [3.05, 3.63) is 42.7 Å². The Morgan fingerprint density at radius 3 is 2.75 bits per heavy atom. The fourth-order valence-corrected chi connectivity index (χ4v) is 1.39. The van der Waals surface area contributed by atoms with Gasteiger partial charge in [0, 0.05) is 6.42 Å². The zero-order chi connectivity index (χ0) is 11.4. The van der Waals surface area contributed by atoms with E-state index in [-0.39, 0.29) is 5.97 Å². The number of carbonyl (C=O) groups is 1. The largest absolute Gasteiger partial charge is 0.464 e. The molecule has 82 valence electrons. The molecule has 2 aromatic rings. The maximum absolute atomic E-state index is 11.3. The normalized spacial score (nSPS) is 10.1. The van der Waals surface area contributed by atoms with Gasteiger partial charge < -0.3 is 9.15 Å². The highest BCUT2D eigenvalue weighted by Gasteiger charge is 2.10. The molecule has 3 heteroatoms. The van der Waals surface area contributed by atoms with Crippen molar-refractivity contribution in [3.63, 3.8) is 0 Å². The van der Waals surface area contributed by atoms with Crippen LogP contribution >= 0.6 is 0 Å². The molecule has 1 aromatic heterocycles. The molecular formula is C13H12O3. The van der Waals surface area contributed by atoms with Crippen molar-refractivity contribution >= 4 is 5.97 Å². The summed E-state index contributed by atoms with van der Waals surface area (Å²) >= 11 is 0. The number of ether oxygens (including phenoxy) is 1. The van der Waals surface area contributed by atoms with E-state index in [2.05, 4.69) is 0 Å². The molecular weight excluding hydrogens is 204 g/mol. The van der Waals surface area contributed by atoms with Crippen LogP contribution < -0.4 is 4.74 Å². The van der Waals surface area contributed by atoms with E-state index >= 15 is 0 Å². The van der Waals surface area contributed by atoms with Gasteiger partial charge in [0.25, 0.3) is 0 Å². The minimum Gasteiger partial charge on any atom is -0.464 e. The third-order valence-electron chi connectivity index (χ3n) is 2.19. The Kier molecular flexibility index (Phi) is 3.05. The van der Waals surface area contributed by atoms with E-state index < -0.39 is 0 Å². The van der Waals surface area contributed by atoms with Crippen LogP contribution in [0.3, 0.4) is 0 Å². The van der Waals surface area contributed by atoms with Gasteiger partial charge in [-0.05, 0) is 24.3 Å². The number of benzene rings is 1. The van der Waals surface area contributed by atoms with Gasteiger partial charge in [0.15, 0.2) is 0 Å². The van der Waals surface area contributed by atoms with Crippen LogP contribution in [0, 0.1) is 0 Å². The topological polar surface area (TPSA) is 39.4 Å². The molecule has 1 heterocycles. The monoisotopic (exact) mass is 216 g/mol. The van der Waals surface area contributed by atoms with Crippen molar-refractivity contribution in [2.75, 3.05) is 0 Å². The molecule has 0 saturated heterocycles.